The fourth-order valence-electron chi connectivity index (χ4n) is 1.47. The van der Waals surface area contributed by atoms with Gasteiger partial charge in [0.2, 0.25) is 0 Å². The van der Waals surface area contributed by atoms with Crippen molar-refractivity contribution in [2.45, 2.75) is 20.8 Å². The Bertz CT molecular complexity index is 512. The third-order valence-corrected chi connectivity index (χ3v) is 2.50. The zero-order chi connectivity index (χ0) is 13.0. The SMILES string of the molecule is CCOC(=O)C(=O)c1cc(C#N)cc(C)c1C. The molecule has 0 radical (unpaired) electrons. The number of ketones is 1. The minimum Gasteiger partial charge on any atom is -0.460 e. The highest BCUT2D eigenvalue weighted by atomic mass is 16.5. The zero-order valence-corrected chi connectivity index (χ0v) is 10.0. The summed E-state index contributed by atoms with van der Waals surface area (Å²) in [5.74, 6) is -1.59. The van der Waals surface area contributed by atoms with Gasteiger partial charge in [0.25, 0.3) is 5.78 Å². The molecule has 0 aliphatic rings. The van der Waals surface area contributed by atoms with Gasteiger partial charge in [-0.3, -0.25) is 4.79 Å². The fraction of sp³-hybridized carbons (Fsp3) is 0.308. The summed E-state index contributed by atoms with van der Waals surface area (Å²) in [5.41, 5.74) is 2.10. The third kappa shape index (κ3) is 2.70. The van der Waals surface area contributed by atoms with Crippen molar-refractivity contribution >= 4 is 11.8 Å². The summed E-state index contributed by atoms with van der Waals surface area (Å²) in [4.78, 5) is 23.1. The van der Waals surface area contributed by atoms with Gasteiger partial charge in [0, 0.05) is 5.56 Å². The summed E-state index contributed by atoms with van der Waals surface area (Å²) in [5, 5.41) is 8.82. The predicted molar refractivity (Wildman–Crippen MR) is 61.6 cm³/mol. The van der Waals surface area contributed by atoms with Gasteiger partial charge >= 0.3 is 5.97 Å². The molecule has 1 aromatic rings. The van der Waals surface area contributed by atoms with Crippen molar-refractivity contribution in [3.05, 3.63) is 34.4 Å². The Kier molecular flexibility index (Phi) is 4.00. The molecule has 0 spiro atoms. The molecule has 0 unspecified atom stereocenters. The number of esters is 1. The molecule has 0 heterocycles. The molecule has 0 saturated heterocycles. The van der Waals surface area contributed by atoms with Crippen LogP contribution in [0.2, 0.25) is 0 Å². The molecule has 0 atom stereocenters. The van der Waals surface area contributed by atoms with Crippen LogP contribution in [0, 0.1) is 25.2 Å². The Hall–Kier alpha value is -2.15. The molecular formula is C13H13NO3. The third-order valence-electron chi connectivity index (χ3n) is 2.50. The molecule has 1 rings (SSSR count). The highest BCUT2D eigenvalue weighted by Crippen LogP contribution is 2.17. The summed E-state index contributed by atoms with van der Waals surface area (Å²) in [6, 6.07) is 5.05. The Labute approximate surface area is 99.8 Å². The van der Waals surface area contributed by atoms with Crippen LogP contribution in [-0.4, -0.2) is 18.4 Å². The number of hydrogen-bond acceptors (Lipinski definition) is 4. The number of carbonyl (C=O) groups is 2. The Morgan fingerprint density at radius 3 is 2.53 bits per heavy atom. The second-order valence-corrected chi connectivity index (χ2v) is 3.63. The van der Waals surface area contributed by atoms with E-state index >= 15 is 0 Å². The lowest BCUT2D eigenvalue weighted by Crippen LogP contribution is -2.19. The molecule has 0 amide bonds. The van der Waals surface area contributed by atoms with Crippen molar-refractivity contribution in [3.63, 3.8) is 0 Å². The second kappa shape index (κ2) is 5.26. The topological polar surface area (TPSA) is 67.2 Å². The highest BCUT2D eigenvalue weighted by molar-refractivity contribution is 6.41. The lowest BCUT2D eigenvalue weighted by atomic mass is 9.97. The smallest absolute Gasteiger partial charge is 0.379 e. The lowest BCUT2D eigenvalue weighted by molar-refractivity contribution is -0.137. The van der Waals surface area contributed by atoms with Crippen molar-refractivity contribution in [1.82, 2.24) is 0 Å². The van der Waals surface area contributed by atoms with E-state index in [1.807, 2.05) is 6.07 Å². The van der Waals surface area contributed by atoms with Crippen LogP contribution in [0.1, 0.15) is 34.0 Å². The lowest BCUT2D eigenvalue weighted by Gasteiger charge is -2.07. The number of ether oxygens (including phenoxy) is 1. The Balaban J connectivity index is 3.22. The molecule has 0 aromatic heterocycles. The van der Waals surface area contributed by atoms with Crippen LogP contribution in [0.25, 0.3) is 0 Å². The Morgan fingerprint density at radius 1 is 1.35 bits per heavy atom. The zero-order valence-electron chi connectivity index (χ0n) is 10.0. The number of nitriles is 1. The van der Waals surface area contributed by atoms with E-state index in [4.69, 9.17) is 5.26 Å². The second-order valence-electron chi connectivity index (χ2n) is 3.63. The number of rotatable bonds is 3. The standard InChI is InChI=1S/C13H13NO3/c1-4-17-13(16)12(15)11-6-10(7-14)5-8(2)9(11)3/h5-6H,4H2,1-3H3. The molecule has 4 heteroatoms. The summed E-state index contributed by atoms with van der Waals surface area (Å²) >= 11 is 0. The summed E-state index contributed by atoms with van der Waals surface area (Å²) < 4.78 is 4.66. The van der Waals surface area contributed by atoms with E-state index in [0.717, 1.165) is 5.56 Å². The Morgan fingerprint density at radius 2 is 2.00 bits per heavy atom. The molecule has 0 bridgehead atoms. The van der Waals surface area contributed by atoms with Gasteiger partial charge in [0.1, 0.15) is 0 Å². The van der Waals surface area contributed by atoms with Crippen molar-refractivity contribution in [2.24, 2.45) is 0 Å². The van der Waals surface area contributed by atoms with Gasteiger partial charge in [0.05, 0.1) is 18.2 Å². The average molecular weight is 231 g/mol. The minimum absolute atomic E-state index is 0.153. The van der Waals surface area contributed by atoms with E-state index in [2.05, 4.69) is 4.74 Å². The van der Waals surface area contributed by atoms with Crippen LogP contribution >= 0.6 is 0 Å². The van der Waals surface area contributed by atoms with E-state index in [9.17, 15) is 9.59 Å². The number of carbonyl (C=O) groups excluding carboxylic acids is 2. The van der Waals surface area contributed by atoms with Crippen molar-refractivity contribution in [2.75, 3.05) is 6.61 Å². The van der Waals surface area contributed by atoms with Crippen molar-refractivity contribution < 1.29 is 14.3 Å². The van der Waals surface area contributed by atoms with E-state index in [1.165, 1.54) is 6.07 Å². The van der Waals surface area contributed by atoms with Gasteiger partial charge < -0.3 is 4.74 Å². The van der Waals surface area contributed by atoms with Crippen LogP contribution in [0.5, 0.6) is 0 Å². The number of benzene rings is 1. The number of nitrogens with zero attached hydrogens (tertiary/aromatic N) is 1. The monoisotopic (exact) mass is 231 g/mol. The van der Waals surface area contributed by atoms with E-state index < -0.39 is 11.8 Å². The van der Waals surface area contributed by atoms with Crippen LogP contribution in [0.3, 0.4) is 0 Å². The molecular weight excluding hydrogens is 218 g/mol. The van der Waals surface area contributed by atoms with Crippen LogP contribution < -0.4 is 0 Å². The van der Waals surface area contributed by atoms with Gasteiger partial charge in [-0.15, -0.1) is 0 Å². The van der Waals surface area contributed by atoms with Gasteiger partial charge in [0.15, 0.2) is 0 Å². The molecule has 4 nitrogen and oxygen atoms in total. The normalized spacial score (nSPS) is 9.53. The molecule has 17 heavy (non-hydrogen) atoms. The molecule has 0 aliphatic heterocycles. The molecule has 0 saturated carbocycles. The quantitative estimate of drug-likeness (QED) is 0.453. The van der Waals surface area contributed by atoms with E-state index in [-0.39, 0.29) is 12.2 Å². The molecule has 0 aliphatic carbocycles. The first-order valence-electron chi connectivity index (χ1n) is 5.24. The first-order valence-corrected chi connectivity index (χ1v) is 5.24. The van der Waals surface area contributed by atoms with E-state index in [0.29, 0.717) is 11.1 Å². The summed E-state index contributed by atoms with van der Waals surface area (Å²) in [7, 11) is 0. The summed E-state index contributed by atoms with van der Waals surface area (Å²) in [6.07, 6.45) is 0. The first-order chi connectivity index (χ1) is 8.01. The molecule has 0 fully saturated rings. The maximum absolute atomic E-state index is 11.8. The number of Topliss-reactive ketones (excluding diaryl/α,β-unsaturated/α-hetero) is 1. The molecule has 1 aromatic carbocycles. The van der Waals surface area contributed by atoms with Gasteiger partial charge in [-0.05, 0) is 44.0 Å². The van der Waals surface area contributed by atoms with Crippen LogP contribution in [0.4, 0.5) is 0 Å². The van der Waals surface area contributed by atoms with Crippen molar-refractivity contribution in [3.8, 4) is 6.07 Å². The maximum atomic E-state index is 11.8. The molecule has 88 valence electrons. The number of aryl methyl sites for hydroxylation is 1. The largest absolute Gasteiger partial charge is 0.460 e. The maximum Gasteiger partial charge on any atom is 0.379 e. The minimum atomic E-state index is -0.884. The predicted octanol–water partition coefficient (Wildman–Crippen LogP) is 1.92. The van der Waals surface area contributed by atoms with Crippen LogP contribution in [-0.2, 0) is 9.53 Å². The fourth-order valence-corrected chi connectivity index (χ4v) is 1.47. The average Bonchev–Trinajstić information content (AvgIpc) is 2.31. The van der Waals surface area contributed by atoms with Gasteiger partial charge in [-0.1, -0.05) is 0 Å². The molecule has 0 N–H and O–H groups in total. The number of hydrogen-bond donors (Lipinski definition) is 0. The van der Waals surface area contributed by atoms with E-state index in [1.54, 1.807) is 26.8 Å². The van der Waals surface area contributed by atoms with Crippen LogP contribution in [0.15, 0.2) is 12.1 Å². The highest BCUT2D eigenvalue weighted by Gasteiger charge is 2.20. The first kappa shape index (κ1) is 12.9. The summed E-state index contributed by atoms with van der Waals surface area (Å²) in [6.45, 7) is 5.32. The van der Waals surface area contributed by atoms with Gasteiger partial charge in [-0.2, -0.15) is 5.26 Å². The van der Waals surface area contributed by atoms with Gasteiger partial charge in [-0.25, -0.2) is 4.79 Å². The van der Waals surface area contributed by atoms with Crippen molar-refractivity contribution in [1.29, 1.82) is 5.26 Å².